The van der Waals surface area contributed by atoms with E-state index in [0.717, 1.165) is 11.4 Å². The first-order valence-corrected chi connectivity index (χ1v) is 6.91. The number of aliphatic hydroxyl groups is 2. The lowest BCUT2D eigenvalue weighted by molar-refractivity contribution is 0.0199. The minimum atomic E-state index is -0.981. The van der Waals surface area contributed by atoms with Gasteiger partial charge >= 0.3 is 0 Å². The van der Waals surface area contributed by atoms with Crippen LogP contribution in [0.3, 0.4) is 0 Å². The maximum absolute atomic E-state index is 13.4. The van der Waals surface area contributed by atoms with Gasteiger partial charge in [-0.3, -0.25) is 0 Å². The number of aromatic nitrogens is 1. The van der Waals surface area contributed by atoms with Gasteiger partial charge in [-0.2, -0.15) is 0 Å². The molecule has 5 heteroatoms. The first kappa shape index (κ1) is 15.7. The van der Waals surface area contributed by atoms with Crippen LogP contribution in [-0.4, -0.2) is 34.5 Å². The summed E-state index contributed by atoms with van der Waals surface area (Å²) in [6.07, 6.45) is -1.87. The molecule has 0 saturated heterocycles. The molecular weight excluding hydrogens is 271 g/mol. The zero-order chi connectivity index (χ0) is 15.6. The second kappa shape index (κ2) is 6.39. The molecule has 2 rings (SSSR count). The Morgan fingerprint density at radius 3 is 2.57 bits per heavy atom. The minimum absolute atomic E-state index is 0.296. The molecule has 0 radical (unpaired) electrons. The second-order valence-corrected chi connectivity index (χ2v) is 5.21. The Morgan fingerprint density at radius 1 is 1.24 bits per heavy atom. The number of aliphatic hydroxyl groups excluding tert-OH is 2. The van der Waals surface area contributed by atoms with Crippen molar-refractivity contribution in [2.24, 2.45) is 0 Å². The Kier molecular flexibility index (Phi) is 4.77. The van der Waals surface area contributed by atoms with Crippen LogP contribution in [0.1, 0.15) is 23.1 Å². The third-order valence-electron chi connectivity index (χ3n) is 3.63. The van der Waals surface area contributed by atoms with E-state index < -0.39 is 12.2 Å². The number of halogens is 1. The quantitative estimate of drug-likeness (QED) is 0.788. The van der Waals surface area contributed by atoms with Crippen LogP contribution in [0.15, 0.2) is 30.3 Å². The normalized spacial score (nSPS) is 14.2. The standard InChI is InChI=1S/C16H21FN2O2/c1-10-7-14(16(21)15(20)9-18-3)11(2)19(10)13-6-4-5-12(17)8-13/h4-8,15-16,18,20-21H,9H2,1-3H3. The highest BCUT2D eigenvalue weighted by molar-refractivity contribution is 5.42. The van der Waals surface area contributed by atoms with Gasteiger partial charge in [0.15, 0.2) is 0 Å². The summed E-state index contributed by atoms with van der Waals surface area (Å²) in [5.74, 6) is -0.308. The highest BCUT2D eigenvalue weighted by Crippen LogP contribution is 2.27. The Morgan fingerprint density at radius 2 is 1.95 bits per heavy atom. The second-order valence-electron chi connectivity index (χ2n) is 5.21. The lowest BCUT2D eigenvalue weighted by atomic mass is 10.0. The predicted octanol–water partition coefficient (Wildman–Crippen LogP) is 1.85. The molecule has 21 heavy (non-hydrogen) atoms. The highest BCUT2D eigenvalue weighted by atomic mass is 19.1. The van der Waals surface area contributed by atoms with E-state index in [0.29, 0.717) is 17.8 Å². The largest absolute Gasteiger partial charge is 0.389 e. The maximum atomic E-state index is 13.4. The van der Waals surface area contributed by atoms with E-state index in [1.54, 1.807) is 13.1 Å². The molecule has 2 unspecified atom stereocenters. The van der Waals surface area contributed by atoms with Gasteiger partial charge in [0.2, 0.25) is 0 Å². The van der Waals surface area contributed by atoms with Gasteiger partial charge in [-0.05, 0) is 45.2 Å². The Labute approximate surface area is 123 Å². The summed E-state index contributed by atoms with van der Waals surface area (Å²) >= 11 is 0. The summed E-state index contributed by atoms with van der Waals surface area (Å²) in [6.45, 7) is 4.03. The summed E-state index contributed by atoms with van der Waals surface area (Å²) in [5, 5.41) is 23.0. The summed E-state index contributed by atoms with van der Waals surface area (Å²) < 4.78 is 15.3. The van der Waals surface area contributed by atoms with Crippen molar-refractivity contribution in [3.8, 4) is 5.69 Å². The molecule has 0 aliphatic rings. The van der Waals surface area contributed by atoms with Gasteiger partial charge in [0, 0.05) is 29.2 Å². The predicted molar refractivity (Wildman–Crippen MR) is 80.1 cm³/mol. The third kappa shape index (κ3) is 3.15. The fourth-order valence-corrected chi connectivity index (χ4v) is 2.63. The van der Waals surface area contributed by atoms with E-state index in [9.17, 15) is 14.6 Å². The van der Waals surface area contributed by atoms with Crippen LogP contribution >= 0.6 is 0 Å². The van der Waals surface area contributed by atoms with E-state index in [2.05, 4.69) is 5.32 Å². The number of aryl methyl sites for hydroxylation is 1. The van der Waals surface area contributed by atoms with Gasteiger partial charge in [-0.25, -0.2) is 4.39 Å². The Hall–Kier alpha value is -1.69. The van der Waals surface area contributed by atoms with Gasteiger partial charge < -0.3 is 20.1 Å². The summed E-state index contributed by atoms with van der Waals surface area (Å²) in [6, 6.07) is 8.12. The summed E-state index contributed by atoms with van der Waals surface area (Å²) in [4.78, 5) is 0. The van der Waals surface area contributed by atoms with Crippen LogP contribution < -0.4 is 5.32 Å². The minimum Gasteiger partial charge on any atom is -0.389 e. The molecule has 0 spiro atoms. The summed E-state index contributed by atoms with van der Waals surface area (Å²) in [7, 11) is 1.71. The zero-order valence-corrected chi connectivity index (χ0v) is 12.5. The average Bonchev–Trinajstić information content (AvgIpc) is 2.73. The van der Waals surface area contributed by atoms with Crippen LogP contribution in [0.5, 0.6) is 0 Å². The van der Waals surface area contributed by atoms with E-state index in [4.69, 9.17) is 0 Å². The van der Waals surface area contributed by atoms with Crippen LogP contribution in [0.4, 0.5) is 4.39 Å². The van der Waals surface area contributed by atoms with Crippen LogP contribution in [0.2, 0.25) is 0 Å². The number of hydrogen-bond donors (Lipinski definition) is 3. The monoisotopic (exact) mass is 292 g/mol. The van der Waals surface area contributed by atoms with Crippen molar-refractivity contribution < 1.29 is 14.6 Å². The fourth-order valence-electron chi connectivity index (χ4n) is 2.63. The van der Waals surface area contributed by atoms with Crippen molar-refractivity contribution in [3.05, 3.63) is 53.1 Å². The van der Waals surface area contributed by atoms with E-state index in [1.807, 2.05) is 30.5 Å². The number of nitrogens with one attached hydrogen (secondary N) is 1. The van der Waals surface area contributed by atoms with Crippen molar-refractivity contribution in [2.75, 3.05) is 13.6 Å². The number of likely N-dealkylation sites (N-methyl/N-ethyl adjacent to an activating group) is 1. The van der Waals surface area contributed by atoms with Crippen LogP contribution in [0, 0.1) is 19.7 Å². The third-order valence-corrected chi connectivity index (χ3v) is 3.63. The molecule has 0 fully saturated rings. The first-order valence-electron chi connectivity index (χ1n) is 6.91. The summed E-state index contributed by atoms with van der Waals surface area (Å²) in [5.41, 5.74) is 3.02. The molecule has 1 aromatic carbocycles. The molecule has 0 aliphatic carbocycles. The molecule has 1 aromatic heterocycles. The van der Waals surface area contributed by atoms with Crippen molar-refractivity contribution in [1.82, 2.24) is 9.88 Å². The lowest BCUT2D eigenvalue weighted by Gasteiger charge is -2.18. The van der Waals surface area contributed by atoms with Gasteiger partial charge in [-0.1, -0.05) is 6.07 Å². The van der Waals surface area contributed by atoms with Gasteiger partial charge in [0.1, 0.15) is 11.9 Å². The number of benzene rings is 1. The molecule has 3 N–H and O–H groups in total. The average molecular weight is 292 g/mol. The lowest BCUT2D eigenvalue weighted by Crippen LogP contribution is -2.29. The SMILES string of the molecule is CNCC(O)C(O)c1cc(C)n(-c2cccc(F)c2)c1C. The fraction of sp³-hybridized carbons (Fsp3) is 0.375. The highest BCUT2D eigenvalue weighted by Gasteiger charge is 2.23. The van der Waals surface area contributed by atoms with E-state index in [-0.39, 0.29) is 5.82 Å². The molecule has 114 valence electrons. The molecular formula is C16H21FN2O2. The molecule has 2 atom stereocenters. The molecule has 2 aromatic rings. The van der Waals surface area contributed by atoms with Gasteiger partial charge in [0.25, 0.3) is 0 Å². The molecule has 1 heterocycles. The molecule has 0 aliphatic heterocycles. The first-order chi connectivity index (χ1) is 9.95. The van der Waals surface area contributed by atoms with Crippen LogP contribution in [0.25, 0.3) is 5.69 Å². The van der Waals surface area contributed by atoms with Crippen molar-refractivity contribution >= 4 is 0 Å². The van der Waals surface area contributed by atoms with Crippen LogP contribution in [-0.2, 0) is 0 Å². The number of hydrogen-bond acceptors (Lipinski definition) is 3. The smallest absolute Gasteiger partial charge is 0.125 e. The molecule has 0 bridgehead atoms. The van der Waals surface area contributed by atoms with Crippen molar-refractivity contribution in [3.63, 3.8) is 0 Å². The molecule has 0 saturated carbocycles. The van der Waals surface area contributed by atoms with Crippen molar-refractivity contribution in [1.29, 1.82) is 0 Å². The zero-order valence-electron chi connectivity index (χ0n) is 12.5. The van der Waals surface area contributed by atoms with Gasteiger partial charge in [-0.15, -0.1) is 0 Å². The van der Waals surface area contributed by atoms with Gasteiger partial charge in [0.05, 0.1) is 6.10 Å². The van der Waals surface area contributed by atoms with E-state index in [1.165, 1.54) is 12.1 Å². The number of rotatable bonds is 5. The Bertz CT molecular complexity index is 625. The molecule has 4 nitrogen and oxygen atoms in total. The Balaban J connectivity index is 2.42. The topological polar surface area (TPSA) is 57.4 Å². The number of nitrogens with zero attached hydrogens (tertiary/aromatic N) is 1. The van der Waals surface area contributed by atoms with E-state index >= 15 is 0 Å². The van der Waals surface area contributed by atoms with Crippen molar-refractivity contribution in [2.45, 2.75) is 26.1 Å². The molecule has 0 amide bonds. The maximum Gasteiger partial charge on any atom is 0.125 e.